The molecule has 0 aromatic carbocycles. The van der Waals surface area contributed by atoms with Crippen LogP contribution >= 0.6 is 0 Å². The quantitative estimate of drug-likeness (QED) is 0.499. The predicted octanol–water partition coefficient (Wildman–Crippen LogP) is 3.90. The number of pyridine rings is 1. The molecule has 6 nitrogen and oxygen atoms in total. The van der Waals surface area contributed by atoms with Gasteiger partial charge in [0.1, 0.15) is 0 Å². The van der Waals surface area contributed by atoms with Crippen LogP contribution in [-0.2, 0) is 0 Å². The van der Waals surface area contributed by atoms with E-state index in [4.69, 9.17) is 5.73 Å². The molecule has 0 radical (unpaired) electrons. The molecule has 30 heavy (non-hydrogen) atoms. The van der Waals surface area contributed by atoms with Crippen molar-refractivity contribution in [2.75, 3.05) is 25.4 Å². The van der Waals surface area contributed by atoms with Gasteiger partial charge < -0.3 is 10.6 Å². The Hall–Kier alpha value is -2.75. The molecular weight excluding hydrogens is 400 g/mol. The number of anilines is 1. The molecule has 1 fully saturated rings. The van der Waals surface area contributed by atoms with Crippen LogP contribution in [0.4, 0.5) is 23.5 Å². The van der Waals surface area contributed by atoms with Gasteiger partial charge in [-0.05, 0) is 37.8 Å². The zero-order valence-electron chi connectivity index (χ0n) is 16.5. The molecule has 1 saturated heterocycles. The molecular formula is C20H22F4N6. The van der Waals surface area contributed by atoms with Crippen LogP contribution in [0.15, 0.2) is 24.7 Å². The van der Waals surface area contributed by atoms with Crippen molar-refractivity contribution in [3.63, 3.8) is 0 Å². The first kappa shape index (κ1) is 20.5. The number of rotatable bonds is 5. The lowest BCUT2D eigenvalue weighted by atomic mass is 9.90. The molecule has 2 N–H and O–H groups in total. The second-order valence-electron chi connectivity index (χ2n) is 7.84. The maximum Gasteiger partial charge on any atom is 0.246 e. The number of halogens is 4. The summed E-state index contributed by atoms with van der Waals surface area (Å²) in [5, 5.41) is 0.667. The van der Waals surface area contributed by atoms with Crippen LogP contribution in [0.2, 0.25) is 0 Å². The van der Waals surface area contributed by atoms with E-state index in [9.17, 15) is 17.6 Å². The van der Waals surface area contributed by atoms with E-state index >= 15 is 0 Å². The lowest BCUT2D eigenvalue weighted by Crippen LogP contribution is -2.36. The molecule has 1 aliphatic heterocycles. The molecule has 4 heterocycles. The van der Waals surface area contributed by atoms with Gasteiger partial charge in [0, 0.05) is 43.4 Å². The zero-order chi connectivity index (χ0) is 21.5. The molecule has 0 aliphatic carbocycles. The van der Waals surface area contributed by atoms with Gasteiger partial charge in [-0.25, -0.2) is 23.1 Å². The third kappa shape index (κ3) is 4.23. The largest absolute Gasteiger partial charge is 0.368 e. The summed E-state index contributed by atoms with van der Waals surface area (Å²) >= 11 is 0. The van der Waals surface area contributed by atoms with Crippen molar-refractivity contribution in [2.45, 2.75) is 38.0 Å². The third-order valence-electron chi connectivity index (χ3n) is 5.47. The van der Waals surface area contributed by atoms with Crippen molar-refractivity contribution in [2.24, 2.45) is 0 Å². The molecule has 0 bridgehead atoms. The Labute approximate surface area is 170 Å². The minimum Gasteiger partial charge on any atom is -0.368 e. The van der Waals surface area contributed by atoms with Crippen molar-refractivity contribution in [3.05, 3.63) is 42.0 Å². The fraction of sp³-hybridized carbons (Fsp3) is 0.450. The molecule has 1 aliphatic rings. The monoisotopic (exact) mass is 422 g/mol. The highest BCUT2D eigenvalue weighted by Gasteiger charge is 2.28. The summed E-state index contributed by atoms with van der Waals surface area (Å²) in [6.07, 6.45) is 5.56. The maximum absolute atomic E-state index is 14.4. The summed E-state index contributed by atoms with van der Waals surface area (Å²) in [5.41, 5.74) is 6.88. The van der Waals surface area contributed by atoms with Gasteiger partial charge in [0.2, 0.25) is 17.8 Å². The Kier molecular flexibility index (Phi) is 5.35. The van der Waals surface area contributed by atoms with E-state index in [1.54, 1.807) is 6.20 Å². The Balaban J connectivity index is 1.72. The summed E-state index contributed by atoms with van der Waals surface area (Å²) in [7, 11) is 0. The smallest absolute Gasteiger partial charge is 0.246 e. The number of hydrogen-bond acceptors (Lipinski definition) is 5. The highest BCUT2D eigenvalue weighted by Crippen LogP contribution is 2.35. The van der Waals surface area contributed by atoms with Gasteiger partial charge in [-0.1, -0.05) is 0 Å². The lowest BCUT2D eigenvalue weighted by molar-refractivity contribution is 0.000923. The van der Waals surface area contributed by atoms with Crippen LogP contribution < -0.4 is 5.73 Å². The summed E-state index contributed by atoms with van der Waals surface area (Å²) in [4.78, 5) is 13.4. The predicted molar refractivity (Wildman–Crippen MR) is 105 cm³/mol. The van der Waals surface area contributed by atoms with Crippen molar-refractivity contribution in [1.29, 1.82) is 0 Å². The van der Waals surface area contributed by atoms with E-state index in [1.807, 2.05) is 4.90 Å². The van der Waals surface area contributed by atoms with Gasteiger partial charge in [-0.15, -0.1) is 0 Å². The van der Waals surface area contributed by atoms with E-state index in [0.717, 1.165) is 38.1 Å². The number of alkyl halides is 2. The topological polar surface area (TPSA) is 72.9 Å². The number of nitrogen functional groups attached to an aromatic ring is 1. The molecule has 0 amide bonds. The van der Waals surface area contributed by atoms with Crippen molar-refractivity contribution >= 4 is 16.9 Å². The summed E-state index contributed by atoms with van der Waals surface area (Å²) < 4.78 is 56.3. The second kappa shape index (κ2) is 7.82. The zero-order valence-corrected chi connectivity index (χ0v) is 16.5. The summed E-state index contributed by atoms with van der Waals surface area (Å²) in [6.45, 7) is 2.54. The Morgan fingerprint density at radius 2 is 2.03 bits per heavy atom. The second-order valence-corrected chi connectivity index (χ2v) is 7.84. The van der Waals surface area contributed by atoms with Gasteiger partial charge in [0.25, 0.3) is 0 Å². The summed E-state index contributed by atoms with van der Waals surface area (Å²) in [5.74, 6) is -4.28. The van der Waals surface area contributed by atoms with Gasteiger partial charge >= 0.3 is 0 Å². The van der Waals surface area contributed by atoms with Crippen molar-refractivity contribution in [1.82, 2.24) is 24.4 Å². The minimum atomic E-state index is -2.71. The standard InChI is InChI=1S/C20H22F4N6/c1-20(23,24)4-6-29-5-2-3-12(10-29)14-11-30(16-7-17(22)26-8-13(14)16)18-15(21)9-27-19(25)28-18/h7-9,11-12H,2-6,10H2,1H3,(H2,25,27,28). The van der Waals surface area contributed by atoms with E-state index < -0.39 is 17.7 Å². The number of aromatic nitrogens is 4. The fourth-order valence-corrected chi connectivity index (χ4v) is 4.03. The first-order valence-electron chi connectivity index (χ1n) is 9.76. The normalized spacial score (nSPS) is 18.2. The third-order valence-corrected chi connectivity index (χ3v) is 5.47. The number of nitrogens with zero attached hydrogens (tertiary/aromatic N) is 5. The van der Waals surface area contributed by atoms with Crippen LogP contribution in [-0.4, -0.2) is 50.0 Å². The average molecular weight is 422 g/mol. The SMILES string of the molecule is CC(F)(F)CCN1CCCC(c2cn(-c3nc(N)ncc3F)c3cc(F)ncc23)C1. The average Bonchev–Trinajstić information content (AvgIpc) is 3.06. The molecule has 1 unspecified atom stereocenters. The van der Waals surface area contributed by atoms with Crippen molar-refractivity contribution < 1.29 is 17.6 Å². The highest BCUT2D eigenvalue weighted by molar-refractivity contribution is 5.85. The minimum absolute atomic E-state index is 0.0162. The van der Waals surface area contributed by atoms with Crippen molar-refractivity contribution in [3.8, 4) is 5.82 Å². The number of nitrogens with two attached hydrogens (primary N) is 1. The molecule has 3 aromatic rings. The van der Waals surface area contributed by atoms with Gasteiger partial charge in [-0.2, -0.15) is 9.37 Å². The van der Waals surface area contributed by atoms with Crippen LogP contribution in [0.5, 0.6) is 0 Å². The molecule has 3 aromatic heterocycles. The van der Waals surface area contributed by atoms with Crippen LogP contribution in [0.1, 0.15) is 37.7 Å². The highest BCUT2D eigenvalue weighted by atomic mass is 19.3. The van der Waals surface area contributed by atoms with Gasteiger partial charge in [0.15, 0.2) is 11.6 Å². The molecule has 0 saturated carbocycles. The van der Waals surface area contributed by atoms with E-state index in [1.165, 1.54) is 16.8 Å². The fourth-order valence-electron chi connectivity index (χ4n) is 4.03. The van der Waals surface area contributed by atoms with Gasteiger partial charge in [0.05, 0.1) is 11.7 Å². The number of hydrogen-bond donors (Lipinski definition) is 1. The number of likely N-dealkylation sites (tertiary alicyclic amines) is 1. The molecule has 10 heteroatoms. The molecule has 0 spiro atoms. The van der Waals surface area contributed by atoms with Crippen LogP contribution in [0.25, 0.3) is 16.7 Å². The summed E-state index contributed by atoms with van der Waals surface area (Å²) in [6, 6.07) is 1.22. The molecule has 160 valence electrons. The Morgan fingerprint density at radius 3 is 2.80 bits per heavy atom. The molecule has 1 atom stereocenters. The van der Waals surface area contributed by atoms with E-state index in [-0.39, 0.29) is 24.1 Å². The van der Waals surface area contributed by atoms with E-state index in [0.29, 0.717) is 24.0 Å². The van der Waals surface area contributed by atoms with Crippen LogP contribution in [0.3, 0.4) is 0 Å². The first-order chi connectivity index (χ1) is 14.2. The lowest BCUT2D eigenvalue weighted by Gasteiger charge is -2.33. The number of fused-ring (bicyclic) bond motifs is 1. The Bertz CT molecular complexity index is 1060. The first-order valence-corrected chi connectivity index (χ1v) is 9.76. The number of piperidine rings is 1. The van der Waals surface area contributed by atoms with E-state index in [2.05, 4.69) is 15.0 Å². The Morgan fingerprint density at radius 1 is 1.23 bits per heavy atom. The van der Waals surface area contributed by atoms with Crippen LogP contribution in [0, 0.1) is 11.8 Å². The molecule has 4 rings (SSSR count). The van der Waals surface area contributed by atoms with Gasteiger partial charge in [-0.3, -0.25) is 4.57 Å². The maximum atomic E-state index is 14.4.